The second-order valence-corrected chi connectivity index (χ2v) is 4.00. The highest BCUT2D eigenvalue weighted by Gasteiger charge is 2.15. The first kappa shape index (κ1) is 15.2. The van der Waals surface area contributed by atoms with Crippen molar-refractivity contribution < 1.29 is 24.2 Å². The minimum absolute atomic E-state index is 0.0528. The summed E-state index contributed by atoms with van der Waals surface area (Å²) >= 11 is 0. The van der Waals surface area contributed by atoms with Gasteiger partial charge in [0.25, 0.3) is 0 Å². The molecular formula is C14H18O5. The number of hydrogen-bond acceptors (Lipinski definition) is 4. The monoisotopic (exact) mass is 266 g/mol. The molecule has 0 radical (unpaired) electrons. The van der Waals surface area contributed by atoms with Gasteiger partial charge in [0, 0.05) is 6.42 Å². The maximum absolute atomic E-state index is 11.9. The molecule has 19 heavy (non-hydrogen) atoms. The van der Waals surface area contributed by atoms with E-state index in [9.17, 15) is 9.59 Å². The molecule has 0 aliphatic rings. The van der Waals surface area contributed by atoms with Gasteiger partial charge in [-0.25, -0.2) is 9.59 Å². The fourth-order valence-electron chi connectivity index (χ4n) is 1.45. The van der Waals surface area contributed by atoms with Crippen LogP contribution >= 0.6 is 0 Å². The van der Waals surface area contributed by atoms with Crippen molar-refractivity contribution in [1.82, 2.24) is 0 Å². The number of ether oxygens (including phenoxy) is 2. The lowest BCUT2D eigenvalue weighted by Crippen LogP contribution is -2.21. The number of aromatic carboxylic acids is 1. The number of benzene rings is 1. The summed E-state index contributed by atoms with van der Waals surface area (Å²) in [6.45, 7) is 4.33. The molecule has 0 spiro atoms. The number of esters is 1. The van der Waals surface area contributed by atoms with Gasteiger partial charge in [-0.2, -0.15) is 0 Å². The molecule has 1 rings (SSSR count). The van der Waals surface area contributed by atoms with Crippen LogP contribution in [0.1, 0.15) is 47.4 Å². The molecular weight excluding hydrogens is 248 g/mol. The summed E-state index contributed by atoms with van der Waals surface area (Å²) in [6.07, 6.45) is 0.785. The largest absolute Gasteiger partial charge is 0.478 e. The summed E-state index contributed by atoms with van der Waals surface area (Å²) in [4.78, 5) is 22.7. The summed E-state index contributed by atoms with van der Waals surface area (Å²) in [5, 5.41) is 8.86. The van der Waals surface area contributed by atoms with Gasteiger partial charge in [-0.15, -0.1) is 0 Å². The van der Waals surface area contributed by atoms with E-state index in [1.807, 2.05) is 13.8 Å². The predicted octanol–water partition coefficient (Wildman–Crippen LogP) is 2.70. The van der Waals surface area contributed by atoms with Crippen molar-refractivity contribution in [2.24, 2.45) is 0 Å². The number of hydrogen-bond donors (Lipinski definition) is 1. The lowest BCUT2D eigenvalue weighted by atomic mass is 10.1. The van der Waals surface area contributed by atoms with E-state index in [4.69, 9.17) is 14.6 Å². The van der Waals surface area contributed by atoms with Gasteiger partial charge < -0.3 is 14.6 Å². The van der Waals surface area contributed by atoms with E-state index in [0.29, 0.717) is 13.0 Å². The van der Waals surface area contributed by atoms with Gasteiger partial charge in [-0.1, -0.05) is 19.9 Å². The molecule has 0 heterocycles. The Morgan fingerprint density at radius 3 is 2.53 bits per heavy atom. The summed E-state index contributed by atoms with van der Waals surface area (Å²) in [5.41, 5.74) is 0.260. The minimum Gasteiger partial charge on any atom is -0.478 e. The van der Waals surface area contributed by atoms with Crippen molar-refractivity contribution in [2.45, 2.75) is 33.0 Å². The number of carbonyl (C=O) groups excluding carboxylic acids is 1. The minimum atomic E-state index is -1.08. The molecule has 104 valence electrons. The number of rotatable bonds is 7. The van der Waals surface area contributed by atoms with E-state index in [2.05, 4.69) is 0 Å². The first-order valence-electron chi connectivity index (χ1n) is 6.24. The molecule has 0 saturated heterocycles. The second-order valence-electron chi connectivity index (χ2n) is 4.00. The third-order valence-electron chi connectivity index (χ3n) is 2.42. The van der Waals surface area contributed by atoms with E-state index in [1.54, 1.807) is 0 Å². The van der Waals surface area contributed by atoms with Crippen LogP contribution in [0.2, 0.25) is 0 Å². The predicted molar refractivity (Wildman–Crippen MR) is 69.1 cm³/mol. The number of carboxylic acid groups (broad SMARTS) is 1. The molecule has 0 amide bonds. The molecule has 1 unspecified atom stereocenters. The van der Waals surface area contributed by atoms with E-state index in [0.717, 1.165) is 6.42 Å². The Kier molecular flexibility index (Phi) is 6.02. The van der Waals surface area contributed by atoms with Crippen LogP contribution in [-0.2, 0) is 9.47 Å². The smallest absolute Gasteiger partial charge is 0.340 e. The van der Waals surface area contributed by atoms with Gasteiger partial charge in [0.05, 0.1) is 17.7 Å². The average Bonchev–Trinajstić information content (AvgIpc) is 2.43. The lowest BCUT2D eigenvalue weighted by Gasteiger charge is -2.16. The SMILES string of the molecule is CCCOC(CC)OC(=O)c1cccc(C(=O)O)c1. The van der Waals surface area contributed by atoms with Crippen molar-refractivity contribution in [2.75, 3.05) is 6.61 Å². The number of carbonyl (C=O) groups is 2. The third-order valence-corrected chi connectivity index (χ3v) is 2.42. The zero-order chi connectivity index (χ0) is 14.3. The Morgan fingerprint density at radius 1 is 1.26 bits per heavy atom. The fourth-order valence-corrected chi connectivity index (χ4v) is 1.45. The standard InChI is InChI=1S/C14H18O5/c1-3-8-18-12(4-2)19-14(17)11-7-5-6-10(9-11)13(15)16/h5-7,9,12H,3-4,8H2,1-2H3,(H,15,16). The van der Waals surface area contributed by atoms with Crippen LogP contribution in [0, 0.1) is 0 Å². The van der Waals surface area contributed by atoms with Crippen LogP contribution < -0.4 is 0 Å². The maximum atomic E-state index is 11.9. The van der Waals surface area contributed by atoms with E-state index >= 15 is 0 Å². The van der Waals surface area contributed by atoms with Gasteiger partial charge in [0.2, 0.25) is 6.29 Å². The molecule has 0 fully saturated rings. The van der Waals surface area contributed by atoms with Crippen LogP contribution in [0.3, 0.4) is 0 Å². The quantitative estimate of drug-likeness (QED) is 0.606. The van der Waals surface area contributed by atoms with Crippen molar-refractivity contribution >= 4 is 11.9 Å². The van der Waals surface area contributed by atoms with Crippen LogP contribution in [0.5, 0.6) is 0 Å². The van der Waals surface area contributed by atoms with Gasteiger partial charge in [0.1, 0.15) is 0 Å². The Labute approximate surface area is 112 Å². The number of carboxylic acids is 1. The summed E-state index contributed by atoms with van der Waals surface area (Å²) in [5.74, 6) is -1.66. The Morgan fingerprint density at radius 2 is 1.95 bits per heavy atom. The zero-order valence-corrected chi connectivity index (χ0v) is 11.1. The molecule has 0 aliphatic heterocycles. The van der Waals surface area contributed by atoms with Crippen LogP contribution in [0.15, 0.2) is 24.3 Å². The maximum Gasteiger partial charge on any atom is 0.340 e. The molecule has 0 aliphatic carbocycles. The second kappa shape index (κ2) is 7.53. The normalized spacial score (nSPS) is 11.9. The first-order valence-corrected chi connectivity index (χ1v) is 6.24. The van der Waals surface area contributed by atoms with Gasteiger partial charge in [-0.05, 0) is 24.6 Å². The Hall–Kier alpha value is -1.88. The average molecular weight is 266 g/mol. The molecule has 0 saturated carbocycles. The third kappa shape index (κ3) is 4.71. The van der Waals surface area contributed by atoms with Crippen molar-refractivity contribution in [3.8, 4) is 0 Å². The van der Waals surface area contributed by atoms with Crippen LogP contribution in [0.25, 0.3) is 0 Å². The molecule has 5 nitrogen and oxygen atoms in total. The van der Waals surface area contributed by atoms with Crippen molar-refractivity contribution in [3.63, 3.8) is 0 Å². The topological polar surface area (TPSA) is 72.8 Å². The molecule has 0 aromatic heterocycles. The Bertz CT molecular complexity index is 441. The first-order chi connectivity index (χ1) is 9.08. The molecule has 1 atom stereocenters. The summed E-state index contributed by atoms with van der Waals surface area (Å²) < 4.78 is 10.5. The van der Waals surface area contributed by atoms with Gasteiger partial charge in [-0.3, -0.25) is 0 Å². The molecule has 1 aromatic rings. The summed E-state index contributed by atoms with van der Waals surface area (Å²) in [6, 6.07) is 5.73. The van der Waals surface area contributed by atoms with Crippen LogP contribution in [-0.4, -0.2) is 29.9 Å². The van der Waals surface area contributed by atoms with Crippen LogP contribution in [0.4, 0.5) is 0 Å². The highest BCUT2D eigenvalue weighted by molar-refractivity contribution is 5.94. The highest BCUT2D eigenvalue weighted by atomic mass is 16.7. The van der Waals surface area contributed by atoms with Gasteiger partial charge in [0.15, 0.2) is 0 Å². The fraction of sp³-hybridized carbons (Fsp3) is 0.429. The molecule has 1 aromatic carbocycles. The zero-order valence-electron chi connectivity index (χ0n) is 11.1. The van der Waals surface area contributed by atoms with Crippen molar-refractivity contribution in [3.05, 3.63) is 35.4 Å². The molecule has 1 N–H and O–H groups in total. The summed E-state index contributed by atoms with van der Waals surface area (Å²) in [7, 11) is 0. The molecule has 0 bridgehead atoms. The van der Waals surface area contributed by atoms with Gasteiger partial charge >= 0.3 is 11.9 Å². The van der Waals surface area contributed by atoms with Crippen molar-refractivity contribution in [1.29, 1.82) is 0 Å². The van der Waals surface area contributed by atoms with E-state index in [-0.39, 0.29) is 11.1 Å². The Balaban J connectivity index is 2.71. The van der Waals surface area contributed by atoms with E-state index in [1.165, 1.54) is 24.3 Å². The highest BCUT2D eigenvalue weighted by Crippen LogP contribution is 2.10. The lowest BCUT2D eigenvalue weighted by molar-refractivity contribution is -0.111. The molecule has 5 heteroatoms. The van der Waals surface area contributed by atoms with E-state index < -0.39 is 18.2 Å².